The van der Waals surface area contributed by atoms with Gasteiger partial charge in [-0.1, -0.05) is 84.4 Å². The molecule has 0 aliphatic heterocycles. The van der Waals surface area contributed by atoms with Crippen LogP contribution in [0.5, 0.6) is 0 Å². The molecule has 0 aliphatic rings. The monoisotopic (exact) mass is 816 g/mol. The zero-order valence-corrected chi connectivity index (χ0v) is 36.0. The number of hydrogen-bond acceptors (Lipinski definition) is 9. The predicted molar refractivity (Wildman–Crippen MR) is 224 cm³/mol. The number of H-pyrrole nitrogens is 1. The number of carbonyl (C=O) groups excluding carboxylic acids is 6. The van der Waals surface area contributed by atoms with E-state index < -0.39 is 59.5 Å². The Bertz CT molecular complexity index is 1800. The maximum atomic E-state index is 14.2. The highest BCUT2D eigenvalue weighted by Crippen LogP contribution is 2.21. The van der Waals surface area contributed by atoms with Gasteiger partial charge in [0.2, 0.25) is 23.6 Å². The van der Waals surface area contributed by atoms with Crippen LogP contribution in [0.2, 0.25) is 0 Å². The molecule has 15 heteroatoms. The van der Waals surface area contributed by atoms with Crippen molar-refractivity contribution in [2.45, 2.75) is 131 Å². The van der Waals surface area contributed by atoms with Crippen LogP contribution in [0.25, 0.3) is 0 Å². The predicted octanol–water partition coefficient (Wildman–Crippen LogP) is 4.58. The fourth-order valence-corrected chi connectivity index (χ4v) is 6.36. The van der Waals surface area contributed by atoms with Crippen LogP contribution >= 0.6 is 0 Å². The minimum absolute atomic E-state index is 0.00107. The first-order valence-electron chi connectivity index (χ1n) is 20.5. The van der Waals surface area contributed by atoms with Gasteiger partial charge in [-0.2, -0.15) is 0 Å². The summed E-state index contributed by atoms with van der Waals surface area (Å²) in [6.45, 7) is 16.6. The van der Waals surface area contributed by atoms with Gasteiger partial charge in [0, 0.05) is 43.3 Å². The number of ether oxygens (including phenoxy) is 1. The number of amides is 5. The molecule has 0 unspecified atom stereocenters. The number of nitrogens with one attached hydrogen (secondary N) is 6. The van der Waals surface area contributed by atoms with Crippen LogP contribution in [0, 0.1) is 23.7 Å². The average molecular weight is 817 g/mol. The Balaban J connectivity index is 1.82. The summed E-state index contributed by atoms with van der Waals surface area (Å²) in [5.74, 6) is -3.73. The summed E-state index contributed by atoms with van der Waals surface area (Å²) in [4.78, 5) is 93.8. The molecule has 59 heavy (non-hydrogen) atoms. The second-order valence-corrected chi connectivity index (χ2v) is 16.9. The summed E-state index contributed by atoms with van der Waals surface area (Å²) in [5, 5.41) is 14.1. The first-order valence-corrected chi connectivity index (χ1v) is 20.5. The van der Waals surface area contributed by atoms with Crippen molar-refractivity contribution in [3.8, 4) is 0 Å². The second kappa shape index (κ2) is 23.1. The Morgan fingerprint density at radius 2 is 1.41 bits per heavy atom. The molecule has 3 rings (SSSR count). The van der Waals surface area contributed by atoms with Gasteiger partial charge in [0.25, 0.3) is 0 Å². The summed E-state index contributed by atoms with van der Waals surface area (Å²) < 4.78 is 5.44. The van der Waals surface area contributed by atoms with E-state index in [4.69, 9.17) is 4.74 Å². The summed E-state index contributed by atoms with van der Waals surface area (Å²) in [6, 6.07) is 10.4. The van der Waals surface area contributed by atoms with Gasteiger partial charge in [-0.05, 0) is 62.6 Å². The number of ketones is 1. The van der Waals surface area contributed by atoms with Gasteiger partial charge in [-0.15, -0.1) is 0 Å². The number of pyridine rings is 1. The van der Waals surface area contributed by atoms with Crippen LogP contribution in [0.4, 0.5) is 4.79 Å². The van der Waals surface area contributed by atoms with Gasteiger partial charge in [0.05, 0.1) is 24.6 Å². The number of hydrogen-bond donors (Lipinski definition) is 6. The lowest BCUT2D eigenvalue weighted by Crippen LogP contribution is -2.57. The molecule has 3 aromatic rings. The highest BCUT2D eigenvalue weighted by molar-refractivity contribution is 5.96. The number of aromatic amines is 1. The molecule has 0 saturated carbocycles. The molecule has 2 heterocycles. The SMILES string of the molecule is CC[C@H](C)[C@H](NC(=O)[C@@H](CC(=O)[C@H](CC(C)C)NC(=O)[C@H](Cc1cnc[nH]1)NC(=O)[C@H](Cc1ccccc1)NC(=O)OC(C)(C)C)C(C)C)C(=O)NCc1ccccn1. The van der Waals surface area contributed by atoms with Crippen LogP contribution < -0.4 is 26.6 Å². The summed E-state index contributed by atoms with van der Waals surface area (Å²) in [5.41, 5.74) is 1.17. The van der Waals surface area contributed by atoms with E-state index in [1.165, 1.54) is 12.5 Å². The molecule has 322 valence electrons. The molecule has 0 bridgehead atoms. The highest BCUT2D eigenvalue weighted by atomic mass is 16.6. The fraction of sp³-hybridized carbons (Fsp3) is 0.545. The van der Waals surface area contributed by atoms with Gasteiger partial charge in [-0.25, -0.2) is 9.78 Å². The van der Waals surface area contributed by atoms with Crippen molar-refractivity contribution < 1.29 is 33.5 Å². The minimum atomic E-state index is -1.19. The van der Waals surface area contributed by atoms with E-state index in [0.29, 0.717) is 17.8 Å². The summed E-state index contributed by atoms with van der Waals surface area (Å²) in [7, 11) is 0. The van der Waals surface area contributed by atoms with E-state index in [1.54, 1.807) is 39.1 Å². The van der Waals surface area contributed by atoms with Crippen molar-refractivity contribution in [1.82, 2.24) is 41.5 Å². The first-order chi connectivity index (χ1) is 27.9. The third kappa shape index (κ3) is 16.7. The van der Waals surface area contributed by atoms with Crippen molar-refractivity contribution >= 4 is 35.5 Å². The van der Waals surface area contributed by atoms with Gasteiger partial charge in [0.1, 0.15) is 23.7 Å². The van der Waals surface area contributed by atoms with Gasteiger partial charge < -0.3 is 36.3 Å². The largest absolute Gasteiger partial charge is 0.444 e. The van der Waals surface area contributed by atoms with Crippen LogP contribution in [-0.2, 0) is 48.1 Å². The minimum Gasteiger partial charge on any atom is -0.444 e. The molecule has 5 amide bonds. The number of Topliss-reactive ketones (excluding diaryl/α,β-unsaturated/α-hetero) is 1. The Morgan fingerprint density at radius 3 is 1.97 bits per heavy atom. The lowest BCUT2D eigenvalue weighted by Gasteiger charge is -2.29. The number of alkyl carbamates (subject to hydrolysis) is 1. The molecule has 1 aromatic carbocycles. The Hall–Kier alpha value is -5.60. The van der Waals surface area contributed by atoms with Crippen molar-refractivity contribution in [3.05, 3.63) is 84.2 Å². The number of aromatic nitrogens is 3. The number of imidazole rings is 1. The highest BCUT2D eigenvalue weighted by Gasteiger charge is 2.35. The zero-order chi connectivity index (χ0) is 43.7. The van der Waals surface area contributed by atoms with E-state index in [2.05, 4.69) is 41.5 Å². The third-order valence-corrected chi connectivity index (χ3v) is 9.84. The lowest BCUT2D eigenvalue weighted by molar-refractivity contribution is -0.136. The van der Waals surface area contributed by atoms with E-state index in [0.717, 1.165) is 5.56 Å². The Labute approximate surface area is 348 Å². The van der Waals surface area contributed by atoms with Crippen molar-refractivity contribution in [1.29, 1.82) is 0 Å². The molecular weight excluding hydrogens is 753 g/mol. The number of nitrogens with zero attached hydrogens (tertiary/aromatic N) is 2. The molecule has 0 radical (unpaired) electrons. The van der Waals surface area contributed by atoms with Gasteiger partial charge in [0.15, 0.2) is 5.78 Å². The van der Waals surface area contributed by atoms with E-state index >= 15 is 0 Å². The molecule has 2 aromatic heterocycles. The molecule has 6 N–H and O–H groups in total. The number of benzene rings is 1. The van der Waals surface area contributed by atoms with Gasteiger partial charge in [-0.3, -0.25) is 29.0 Å². The molecule has 0 fully saturated rings. The van der Waals surface area contributed by atoms with E-state index in [9.17, 15) is 28.8 Å². The fourth-order valence-electron chi connectivity index (χ4n) is 6.36. The molecule has 6 atom stereocenters. The van der Waals surface area contributed by atoms with E-state index in [1.807, 2.05) is 77.9 Å². The van der Waals surface area contributed by atoms with Gasteiger partial charge >= 0.3 is 6.09 Å². The van der Waals surface area contributed by atoms with Crippen LogP contribution in [0.1, 0.15) is 98.5 Å². The smallest absolute Gasteiger partial charge is 0.408 e. The van der Waals surface area contributed by atoms with E-state index in [-0.39, 0.29) is 61.7 Å². The maximum absolute atomic E-state index is 14.2. The van der Waals surface area contributed by atoms with Crippen LogP contribution in [0.3, 0.4) is 0 Å². The number of carbonyl (C=O) groups is 6. The van der Waals surface area contributed by atoms with Crippen molar-refractivity contribution in [3.63, 3.8) is 0 Å². The topological polar surface area (TPSA) is 213 Å². The average Bonchev–Trinajstić information content (AvgIpc) is 3.69. The van der Waals surface area contributed by atoms with Crippen molar-refractivity contribution in [2.24, 2.45) is 23.7 Å². The molecule has 0 aliphatic carbocycles. The first kappa shape index (κ1) is 47.8. The van der Waals surface area contributed by atoms with Crippen LogP contribution in [-0.4, -0.2) is 80.2 Å². The van der Waals surface area contributed by atoms with Crippen LogP contribution in [0.15, 0.2) is 67.3 Å². The maximum Gasteiger partial charge on any atom is 0.408 e. The zero-order valence-electron chi connectivity index (χ0n) is 36.0. The normalized spacial score (nSPS) is 14.6. The molecular formula is C44H64N8O7. The summed E-state index contributed by atoms with van der Waals surface area (Å²) >= 11 is 0. The quantitative estimate of drug-likeness (QED) is 0.0837. The third-order valence-electron chi connectivity index (χ3n) is 9.84. The summed E-state index contributed by atoms with van der Waals surface area (Å²) in [6.07, 6.45) is 4.63. The lowest BCUT2D eigenvalue weighted by atomic mass is 9.85. The molecule has 15 nitrogen and oxygen atoms in total. The second-order valence-electron chi connectivity index (χ2n) is 16.9. The van der Waals surface area contributed by atoms with Crippen molar-refractivity contribution in [2.75, 3.05) is 0 Å². The molecule has 0 spiro atoms. The Kier molecular flexibility index (Phi) is 18.7. The number of rotatable bonds is 22. The standard InChI is InChI=1S/C44H64N8O7/c1-10-29(6)38(42(57)47-25-31-18-14-15-19-46-31)52-39(54)33(28(4)5)23-37(53)34(20-27(2)3)49-41(56)36(22-32-24-45-26-48-32)50-40(55)35(21-30-16-12-11-13-17-30)51-43(58)59-44(7,8)9/h11-19,24,26-29,33-36,38H,10,20-23,25H2,1-9H3,(H,45,48)(H,47,57)(H,49,56)(H,50,55)(H,51,58)(H,52,54)/t29-,33-,34-,35-,36-,38-/m0/s1. The Morgan fingerprint density at radius 1 is 0.763 bits per heavy atom. The molecule has 0 saturated heterocycles.